The van der Waals surface area contributed by atoms with Gasteiger partial charge in [-0.2, -0.15) is 0 Å². The summed E-state index contributed by atoms with van der Waals surface area (Å²) < 4.78 is 16.5. The van der Waals surface area contributed by atoms with Gasteiger partial charge in [0.25, 0.3) is 5.91 Å². The standard InChI is InChI=1S/C20H25N5O4/c1-14-12-16(19(26)21-4-5-25-6-8-27-9-7-25)24-20(22-14)23-15-2-3-17-18(13-15)29-11-10-28-17/h2-3,12-13H,4-11H2,1H3,(H,21,26)(H,22,23,24). The number of nitrogens with one attached hydrogen (secondary N) is 2. The summed E-state index contributed by atoms with van der Waals surface area (Å²) >= 11 is 0. The van der Waals surface area contributed by atoms with Gasteiger partial charge in [0.15, 0.2) is 11.5 Å². The molecule has 29 heavy (non-hydrogen) atoms. The van der Waals surface area contributed by atoms with Crippen LogP contribution in [0.5, 0.6) is 11.5 Å². The maximum Gasteiger partial charge on any atom is 0.270 e. The zero-order chi connectivity index (χ0) is 20.1. The van der Waals surface area contributed by atoms with Crippen molar-refractivity contribution in [2.75, 3.05) is 57.9 Å². The molecule has 0 saturated carbocycles. The summed E-state index contributed by atoms with van der Waals surface area (Å²) in [5, 5.41) is 6.07. The monoisotopic (exact) mass is 399 g/mol. The highest BCUT2D eigenvalue weighted by atomic mass is 16.6. The molecule has 2 aliphatic rings. The third kappa shape index (κ3) is 5.12. The number of ether oxygens (including phenoxy) is 3. The molecule has 154 valence electrons. The summed E-state index contributed by atoms with van der Waals surface area (Å²) in [5.74, 6) is 1.54. The highest BCUT2D eigenvalue weighted by Gasteiger charge is 2.15. The Hall–Kier alpha value is -2.91. The molecule has 3 heterocycles. The van der Waals surface area contributed by atoms with Gasteiger partial charge in [0, 0.05) is 43.6 Å². The molecule has 1 saturated heterocycles. The molecule has 0 spiro atoms. The number of fused-ring (bicyclic) bond motifs is 1. The lowest BCUT2D eigenvalue weighted by Crippen LogP contribution is -2.41. The van der Waals surface area contributed by atoms with Crippen molar-refractivity contribution >= 4 is 17.5 Å². The number of benzene rings is 1. The number of aryl methyl sites for hydroxylation is 1. The molecule has 4 rings (SSSR count). The lowest BCUT2D eigenvalue weighted by Gasteiger charge is -2.26. The van der Waals surface area contributed by atoms with Crippen molar-refractivity contribution in [3.63, 3.8) is 0 Å². The largest absolute Gasteiger partial charge is 0.486 e. The van der Waals surface area contributed by atoms with E-state index in [9.17, 15) is 4.79 Å². The van der Waals surface area contributed by atoms with E-state index in [1.807, 2.05) is 25.1 Å². The fraction of sp³-hybridized carbons (Fsp3) is 0.450. The van der Waals surface area contributed by atoms with Crippen molar-refractivity contribution in [2.45, 2.75) is 6.92 Å². The van der Waals surface area contributed by atoms with E-state index in [0.717, 1.165) is 38.5 Å². The molecule has 2 aliphatic heterocycles. The van der Waals surface area contributed by atoms with Crippen molar-refractivity contribution in [1.29, 1.82) is 0 Å². The average molecular weight is 399 g/mol. The number of aromatic nitrogens is 2. The van der Waals surface area contributed by atoms with Crippen LogP contribution < -0.4 is 20.1 Å². The molecule has 0 atom stereocenters. The first kappa shape index (κ1) is 19.4. The number of amides is 1. The van der Waals surface area contributed by atoms with Crippen LogP contribution >= 0.6 is 0 Å². The van der Waals surface area contributed by atoms with Gasteiger partial charge in [-0.3, -0.25) is 9.69 Å². The van der Waals surface area contributed by atoms with Crippen LogP contribution in [-0.4, -0.2) is 73.4 Å². The first-order valence-electron chi connectivity index (χ1n) is 9.78. The van der Waals surface area contributed by atoms with Gasteiger partial charge in [-0.15, -0.1) is 0 Å². The summed E-state index contributed by atoms with van der Waals surface area (Å²) in [6.07, 6.45) is 0. The summed E-state index contributed by atoms with van der Waals surface area (Å²) in [5.41, 5.74) is 1.80. The second-order valence-electron chi connectivity index (χ2n) is 6.91. The van der Waals surface area contributed by atoms with Crippen molar-refractivity contribution in [3.8, 4) is 11.5 Å². The SMILES string of the molecule is Cc1cc(C(=O)NCCN2CCOCC2)nc(Nc2ccc3c(c2)OCCO3)n1. The van der Waals surface area contributed by atoms with Crippen molar-refractivity contribution in [2.24, 2.45) is 0 Å². The Kier molecular flexibility index (Phi) is 6.06. The third-order valence-corrected chi connectivity index (χ3v) is 4.70. The Morgan fingerprint density at radius 2 is 1.86 bits per heavy atom. The topological polar surface area (TPSA) is 97.8 Å². The molecule has 0 unspecified atom stereocenters. The Balaban J connectivity index is 1.38. The van der Waals surface area contributed by atoms with E-state index in [2.05, 4.69) is 25.5 Å². The summed E-state index contributed by atoms with van der Waals surface area (Å²) in [4.78, 5) is 23.5. The normalized spacial score (nSPS) is 16.3. The molecule has 1 fully saturated rings. The summed E-state index contributed by atoms with van der Waals surface area (Å²) in [6, 6.07) is 7.22. The van der Waals surface area contributed by atoms with Gasteiger partial charge in [0.1, 0.15) is 18.9 Å². The summed E-state index contributed by atoms with van der Waals surface area (Å²) in [6.45, 7) is 7.53. The van der Waals surface area contributed by atoms with E-state index in [1.165, 1.54) is 0 Å². The van der Waals surface area contributed by atoms with Gasteiger partial charge in [-0.1, -0.05) is 0 Å². The average Bonchev–Trinajstić information content (AvgIpc) is 2.74. The Morgan fingerprint density at radius 1 is 1.07 bits per heavy atom. The fourth-order valence-electron chi connectivity index (χ4n) is 3.23. The quantitative estimate of drug-likeness (QED) is 0.752. The second kappa shape index (κ2) is 9.06. The molecule has 9 nitrogen and oxygen atoms in total. The number of carbonyl (C=O) groups excluding carboxylic acids is 1. The van der Waals surface area contributed by atoms with E-state index in [1.54, 1.807) is 6.07 Å². The number of hydrogen-bond acceptors (Lipinski definition) is 8. The van der Waals surface area contributed by atoms with Gasteiger partial charge in [-0.25, -0.2) is 9.97 Å². The van der Waals surface area contributed by atoms with E-state index in [0.29, 0.717) is 48.6 Å². The highest BCUT2D eigenvalue weighted by Crippen LogP contribution is 2.33. The van der Waals surface area contributed by atoms with Crippen LogP contribution in [0.4, 0.5) is 11.6 Å². The minimum atomic E-state index is -0.214. The second-order valence-corrected chi connectivity index (χ2v) is 6.91. The first-order valence-corrected chi connectivity index (χ1v) is 9.78. The number of rotatable bonds is 6. The van der Waals surface area contributed by atoms with Gasteiger partial charge < -0.3 is 24.8 Å². The molecule has 1 amide bonds. The van der Waals surface area contributed by atoms with Crippen LogP contribution in [0.2, 0.25) is 0 Å². The Morgan fingerprint density at radius 3 is 2.69 bits per heavy atom. The predicted molar refractivity (Wildman–Crippen MR) is 107 cm³/mol. The van der Waals surface area contributed by atoms with E-state index >= 15 is 0 Å². The molecule has 1 aromatic heterocycles. The van der Waals surface area contributed by atoms with Crippen LogP contribution in [0.25, 0.3) is 0 Å². The molecule has 0 bridgehead atoms. The molecule has 1 aromatic carbocycles. The number of morpholine rings is 1. The molecular weight excluding hydrogens is 374 g/mol. The minimum absolute atomic E-state index is 0.214. The predicted octanol–water partition coefficient (Wildman–Crippen LogP) is 1.36. The zero-order valence-corrected chi connectivity index (χ0v) is 16.4. The maximum atomic E-state index is 12.5. The number of nitrogens with zero attached hydrogens (tertiary/aromatic N) is 3. The van der Waals surface area contributed by atoms with Crippen LogP contribution in [-0.2, 0) is 4.74 Å². The molecule has 0 radical (unpaired) electrons. The minimum Gasteiger partial charge on any atom is -0.486 e. The Bertz CT molecular complexity index is 870. The van der Waals surface area contributed by atoms with Crippen molar-refractivity contribution in [1.82, 2.24) is 20.2 Å². The van der Waals surface area contributed by atoms with Gasteiger partial charge >= 0.3 is 0 Å². The molecule has 0 aliphatic carbocycles. The Labute approximate surface area is 169 Å². The first-order chi connectivity index (χ1) is 14.2. The van der Waals surface area contributed by atoms with Crippen LogP contribution in [0.3, 0.4) is 0 Å². The smallest absolute Gasteiger partial charge is 0.270 e. The van der Waals surface area contributed by atoms with Gasteiger partial charge in [0.2, 0.25) is 5.95 Å². The highest BCUT2D eigenvalue weighted by molar-refractivity contribution is 5.92. The van der Waals surface area contributed by atoms with Crippen LogP contribution in [0.15, 0.2) is 24.3 Å². The molecule has 2 N–H and O–H groups in total. The van der Waals surface area contributed by atoms with Crippen LogP contribution in [0.1, 0.15) is 16.2 Å². The number of carbonyl (C=O) groups is 1. The number of hydrogen-bond donors (Lipinski definition) is 2. The van der Waals surface area contributed by atoms with E-state index in [-0.39, 0.29) is 5.91 Å². The fourth-order valence-corrected chi connectivity index (χ4v) is 3.23. The van der Waals surface area contributed by atoms with Crippen molar-refractivity contribution in [3.05, 3.63) is 35.7 Å². The number of anilines is 2. The van der Waals surface area contributed by atoms with Gasteiger partial charge in [-0.05, 0) is 25.1 Å². The molecular formula is C20H25N5O4. The van der Waals surface area contributed by atoms with E-state index in [4.69, 9.17) is 14.2 Å². The lowest BCUT2D eigenvalue weighted by atomic mass is 10.2. The lowest BCUT2D eigenvalue weighted by molar-refractivity contribution is 0.0383. The van der Waals surface area contributed by atoms with E-state index < -0.39 is 0 Å². The van der Waals surface area contributed by atoms with Gasteiger partial charge in [0.05, 0.1) is 13.2 Å². The van der Waals surface area contributed by atoms with Crippen molar-refractivity contribution < 1.29 is 19.0 Å². The maximum absolute atomic E-state index is 12.5. The summed E-state index contributed by atoms with van der Waals surface area (Å²) in [7, 11) is 0. The third-order valence-electron chi connectivity index (χ3n) is 4.70. The van der Waals surface area contributed by atoms with Crippen LogP contribution in [0, 0.1) is 6.92 Å². The zero-order valence-electron chi connectivity index (χ0n) is 16.4. The molecule has 2 aromatic rings. The molecule has 9 heteroatoms.